The summed E-state index contributed by atoms with van der Waals surface area (Å²) in [5, 5.41) is 0. The zero-order chi connectivity index (χ0) is 23.4. The van der Waals surface area contributed by atoms with Crippen molar-refractivity contribution in [3.05, 3.63) is 45.8 Å². The summed E-state index contributed by atoms with van der Waals surface area (Å²) < 4.78 is 10.3. The number of ether oxygens (including phenoxy) is 2. The molecule has 33 heavy (non-hydrogen) atoms. The van der Waals surface area contributed by atoms with E-state index in [1.54, 1.807) is 20.4 Å². The van der Waals surface area contributed by atoms with Crippen LogP contribution >= 0.6 is 0 Å². The average Bonchev–Trinajstić information content (AvgIpc) is 3.34. The summed E-state index contributed by atoms with van der Waals surface area (Å²) in [5.41, 5.74) is 3.56. The van der Waals surface area contributed by atoms with Gasteiger partial charge in [0.25, 0.3) is 5.56 Å². The zero-order valence-corrected chi connectivity index (χ0v) is 19.7. The van der Waals surface area contributed by atoms with Crippen molar-refractivity contribution < 1.29 is 14.3 Å². The van der Waals surface area contributed by atoms with Crippen molar-refractivity contribution in [1.29, 1.82) is 0 Å². The molecule has 1 amide bonds. The number of amides is 1. The van der Waals surface area contributed by atoms with Crippen LogP contribution in [0, 0.1) is 12.8 Å². The summed E-state index contributed by atoms with van der Waals surface area (Å²) in [7, 11) is 3.33. The quantitative estimate of drug-likeness (QED) is 0.753. The van der Waals surface area contributed by atoms with Gasteiger partial charge in [-0.15, -0.1) is 0 Å². The van der Waals surface area contributed by atoms with E-state index >= 15 is 0 Å². The highest BCUT2D eigenvalue weighted by Gasteiger charge is 2.37. The largest absolute Gasteiger partial charge is 0.481 e. The van der Waals surface area contributed by atoms with Crippen LogP contribution in [-0.2, 0) is 22.5 Å². The van der Waals surface area contributed by atoms with Crippen molar-refractivity contribution in [3.63, 3.8) is 0 Å². The van der Waals surface area contributed by atoms with Crippen molar-refractivity contribution in [1.82, 2.24) is 19.9 Å². The molecule has 9 heteroatoms. The summed E-state index contributed by atoms with van der Waals surface area (Å²) in [5.74, 6) is 1.26. The minimum atomic E-state index is -0.0575. The lowest BCUT2D eigenvalue weighted by Gasteiger charge is -2.35. The van der Waals surface area contributed by atoms with Gasteiger partial charge in [-0.3, -0.25) is 9.59 Å². The Bertz CT molecular complexity index is 1030. The molecule has 5 rings (SSSR count). The molecule has 2 aliphatic heterocycles. The number of aryl methyl sites for hydroxylation is 1. The Hall–Kier alpha value is -2.94. The van der Waals surface area contributed by atoms with Crippen molar-refractivity contribution in [2.75, 3.05) is 38.8 Å². The molecule has 0 atom stereocenters. The SMILES string of the molecule is COC1CC(C(=O)N2CCCC2)C1.COc1ncc(N2CCc3nc[nH]c(=O)c3C2)cc1C. The Kier molecular flexibility index (Phi) is 7.27. The Morgan fingerprint density at radius 3 is 2.58 bits per heavy atom. The van der Waals surface area contributed by atoms with Gasteiger partial charge in [-0.05, 0) is 38.7 Å². The first-order chi connectivity index (χ1) is 16.0. The van der Waals surface area contributed by atoms with Gasteiger partial charge in [-0.25, -0.2) is 9.97 Å². The topological polar surface area (TPSA) is 101 Å². The van der Waals surface area contributed by atoms with E-state index in [-0.39, 0.29) is 11.5 Å². The maximum Gasteiger partial charge on any atom is 0.255 e. The minimum absolute atomic E-state index is 0.0575. The standard InChI is InChI=1S/C14H16N4O2.C10H17NO2/c1-9-5-10(6-15-14(9)20-2)18-4-3-12-11(7-18)13(19)17-8-16-12;1-13-9-6-8(7-9)10(12)11-4-2-3-5-11/h5-6,8H,3-4,7H2,1-2H3,(H,16,17,19);8-9H,2-7H2,1H3. The molecule has 1 saturated carbocycles. The molecule has 0 radical (unpaired) electrons. The van der Waals surface area contributed by atoms with Crippen molar-refractivity contribution in [2.24, 2.45) is 5.92 Å². The third-order valence-electron chi connectivity index (χ3n) is 6.78. The van der Waals surface area contributed by atoms with Gasteiger partial charge in [-0.2, -0.15) is 0 Å². The Morgan fingerprint density at radius 1 is 1.15 bits per heavy atom. The summed E-state index contributed by atoms with van der Waals surface area (Å²) in [4.78, 5) is 38.9. The van der Waals surface area contributed by atoms with Gasteiger partial charge >= 0.3 is 0 Å². The lowest BCUT2D eigenvalue weighted by Crippen LogP contribution is -2.43. The molecule has 178 valence electrons. The number of likely N-dealkylation sites (tertiary alicyclic amines) is 1. The Labute approximate surface area is 194 Å². The molecule has 3 aliphatic rings. The van der Waals surface area contributed by atoms with Gasteiger partial charge in [0, 0.05) is 44.6 Å². The average molecular weight is 456 g/mol. The number of methoxy groups -OCH3 is 2. The highest BCUT2D eigenvalue weighted by atomic mass is 16.5. The summed E-state index contributed by atoms with van der Waals surface area (Å²) in [6.07, 6.45) is 8.61. The van der Waals surface area contributed by atoms with Crippen LogP contribution in [0.3, 0.4) is 0 Å². The molecule has 0 bridgehead atoms. The van der Waals surface area contributed by atoms with Crippen LogP contribution in [0.25, 0.3) is 0 Å². The lowest BCUT2D eigenvalue weighted by molar-refractivity contribution is -0.142. The van der Waals surface area contributed by atoms with E-state index in [2.05, 4.69) is 19.9 Å². The maximum atomic E-state index is 11.9. The molecule has 9 nitrogen and oxygen atoms in total. The smallest absolute Gasteiger partial charge is 0.255 e. The molecule has 0 unspecified atom stereocenters. The first-order valence-corrected chi connectivity index (χ1v) is 11.6. The number of hydrogen-bond acceptors (Lipinski definition) is 7. The van der Waals surface area contributed by atoms with Crippen molar-refractivity contribution in [2.45, 2.75) is 51.7 Å². The number of anilines is 1. The molecule has 2 fully saturated rings. The summed E-state index contributed by atoms with van der Waals surface area (Å²) in [6.45, 7) is 5.31. The Balaban J connectivity index is 0.000000172. The predicted octanol–water partition coefficient (Wildman–Crippen LogP) is 2.08. The van der Waals surface area contributed by atoms with Crippen LogP contribution < -0.4 is 15.2 Å². The number of H-pyrrole nitrogens is 1. The number of hydrogen-bond donors (Lipinski definition) is 1. The Morgan fingerprint density at radius 2 is 1.91 bits per heavy atom. The predicted molar refractivity (Wildman–Crippen MR) is 124 cm³/mol. The van der Waals surface area contributed by atoms with Crippen LogP contribution in [0.1, 0.15) is 42.5 Å². The second-order valence-corrected chi connectivity index (χ2v) is 8.91. The van der Waals surface area contributed by atoms with Crippen LogP contribution in [0.15, 0.2) is 23.4 Å². The molecular formula is C24H33N5O4. The van der Waals surface area contributed by atoms with Crippen molar-refractivity contribution >= 4 is 11.6 Å². The molecule has 1 saturated heterocycles. The molecule has 2 aromatic heterocycles. The molecule has 0 spiro atoms. The van der Waals surface area contributed by atoms with E-state index in [0.29, 0.717) is 24.4 Å². The molecule has 4 heterocycles. The second kappa shape index (κ2) is 10.3. The molecule has 0 aromatic carbocycles. The molecular weight excluding hydrogens is 422 g/mol. The fourth-order valence-electron chi connectivity index (χ4n) is 4.66. The van der Waals surface area contributed by atoms with Crippen LogP contribution in [0.5, 0.6) is 5.88 Å². The first-order valence-electron chi connectivity index (χ1n) is 11.6. The zero-order valence-electron chi connectivity index (χ0n) is 19.7. The fraction of sp³-hybridized carbons (Fsp3) is 0.583. The number of nitrogens with one attached hydrogen (secondary N) is 1. The summed E-state index contributed by atoms with van der Waals surface area (Å²) in [6, 6.07) is 2.03. The highest BCUT2D eigenvalue weighted by molar-refractivity contribution is 5.80. The van der Waals surface area contributed by atoms with Gasteiger partial charge < -0.3 is 24.3 Å². The third kappa shape index (κ3) is 5.19. The van der Waals surface area contributed by atoms with Gasteiger partial charge in [0.05, 0.1) is 49.2 Å². The molecule has 1 aliphatic carbocycles. The van der Waals surface area contributed by atoms with Gasteiger partial charge in [0.15, 0.2) is 0 Å². The van der Waals surface area contributed by atoms with Gasteiger partial charge in [0.1, 0.15) is 0 Å². The van der Waals surface area contributed by atoms with Crippen LogP contribution in [-0.4, -0.2) is 65.7 Å². The third-order valence-corrected chi connectivity index (χ3v) is 6.78. The second-order valence-electron chi connectivity index (χ2n) is 8.91. The van der Waals surface area contributed by atoms with E-state index < -0.39 is 0 Å². The van der Waals surface area contributed by atoms with Gasteiger partial charge in [0.2, 0.25) is 11.8 Å². The fourth-order valence-corrected chi connectivity index (χ4v) is 4.66. The molecule has 2 aromatic rings. The number of pyridine rings is 1. The number of rotatable bonds is 4. The van der Waals surface area contributed by atoms with E-state index in [1.807, 2.05) is 17.9 Å². The van der Waals surface area contributed by atoms with Crippen LogP contribution in [0.2, 0.25) is 0 Å². The number of nitrogens with zero attached hydrogens (tertiary/aromatic N) is 4. The van der Waals surface area contributed by atoms with Gasteiger partial charge in [-0.1, -0.05) is 0 Å². The maximum absolute atomic E-state index is 11.9. The van der Waals surface area contributed by atoms with E-state index in [4.69, 9.17) is 9.47 Å². The molecule has 1 N–H and O–H groups in total. The number of aromatic nitrogens is 3. The normalized spacial score (nSPS) is 21.5. The highest BCUT2D eigenvalue weighted by Crippen LogP contribution is 2.32. The summed E-state index contributed by atoms with van der Waals surface area (Å²) >= 11 is 0. The number of carbonyl (C=O) groups excluding carboxylic acids is 1. The number of carbonyl (C=O) groups is 1. The van der Waals surface area contributed by atoms with E-state index in [0.717, 1.165) is 61.4 Å². The van der Waals surface area contributed by atoms with Crippen LogP contribution in [0.4, 0.5) is 5.69 Å². The number of fused-ring (bicyclic) bond motifs is 1. The lowest BCUT2D eigenvalue weighted by atomic mass is 9.81. The van der Waals surface area contributed by atoms with E-state index in [9.17, 15) is 9.59 Å². The number of aromatic amines is 1. The van der Waals surface area contributed by atoms with Crippen molar-refractivity contribution in [3.8, 4) is 5.88 Å². The first kappa shape index (κ1) is 23.2. The minimum Gasteiger partial charge on any atom is -0.481 e. The van der Waals surface area contributed by atoms with E-state index in [1.165, 1.54) is 19.2 Å². The monoisotopic (exact) mass is 455 g/mol.